The van der Waals surface area contributed by atoms with Gasteiger partial charge in [0.1, 0.15) is 11.5 Å². The molecule has 0 saturated carbocycles. The molecule has 1 aromatic carbocycles. The lowest BCUT2D eigenvalue weighted by Crippen LogP contribution is -2.28. The third kappa shape index (κ3) is 7.62. The van der Waals surface area contributed by atoms with Crippen molar-refractivity contribution in [2.45, 2.75) is 65.7 Å². The van der Waals surface area contributed by atoms with Crippen LogP contribution in [0.2, 0.25) is 0 Å². The lowest BCUT2D eigenvalue weighted by molar-refractivity contribution is 0.220. The molecular weight excluding hydrogens is 356 g/mol. The molecule has 0 aliphatic heterocycles. The summed E-state index contributed by atoms with van der Waals surface area (Å²) in [7, 11) is 0. The molecule has 1 aliphatic rings. The van der Waals surface area contributed by atoms with Crippen LogP contribution >= 0.6 is 11.6 Å². The molecule has 27 heavy (non-hydrogen) atoms. The number of benzene rings is 1. The number of allylic oxidation sites excluding steroid dienone is 3. The van der Waals surface area contributed by atoms with E-state index in [-0.39, 0.29) is 5.41 Å². The zero-order valence-electron chi connectivity index (χ0n) is 17.8. The van der Waals surface area contributed by atoms with E-state index >= 15 is 0 Å². The fourth-order valence-electron chi connectivity index (χ4n) is 3.02. The van der Waals surface area contributed by atoms with E-state index in [2.05, 4.69) is 63.3 Å². The lowest BCUT2D eigenvalue weighted by atomic mass is 9.71. The van der Waals surface area contributed by atoms with Crippen molar-refractivity contribution < 1.29 is 9.47 Å². The van der Waals surface area contributed by atoms with Crippen LogP contribution in [-0.4, -0.2) is 19.1 Å². The van der Waals surface area contributed by atoms with E-state index in [4.69, 9.17) is 21.1 Å². The Kier molecular flexibility index (Phi) is 11.3. The first-order valence-electron chi connectivity index (χ1n) is 10.4. The molecule has 3 heteroatoms. The van der Waals surface area contributed by atoms with Gasteiger partial charge in [0.05, 0.1) is 13.2 Å². The summed E-state index contributed by atoms with van der Waals surface area (Å²) in [6.45, 7) is 12.3. The maximum atomic E-state index is 5.77. The van der Waals surface area contributed by atoms with E-state index in [1.165, 1.54) is 5.56 Å². The minimum Gasteiger partial charge on any atom is -0.494 e. The highest BCUT2D eigenvalue weighted by Gasteiger charge is 2.30. The molecule has 1 aromatic rings. The summed E-state index contributed by atoms with van der Waals surface area (Å²) in [5, 5.41) is 0. The van der Waals surface area contributed by atoms with E-state index in [1.54, 1.807) is 0 Å². The number of hydrogen-bond acceptors (Lipinski definition) is 2. The van der Waals surface area contributed by atoms with E-state index in [9.17, 15) is 0 Å². The average Bonchev–Trinajstić information content (AvgIpc) is 2.71. The monoisotopic (exact) mass is 392 g/mol. The standard InChI is InChI=1S/C22H31ClO2.C2H6/c1-4-5-16-24-20-11-7-18(8-12-20)22(2,3)19-9-13-21(14-10-19)25-17-6-15-23;1-2/h7-9,11-14,19H,4-6,10,15-17H2,1-3H3;1-2H3. The summed E-state index contributed by atoms with van der Waals surface area (Å²) in [6.07, 6.45) is 10.7. The van der Waals surface area contributed by atoms with Gasteiger partial charge >= 0.3 is 0 Å². The Labute approximate surface area is 171 Å². The molecule has 0 bridgehead atoms. The van der Waals surface area contributed by atoms with Gasteiger partial charge in [-0.3, -0.25) is 0 Å². The summed E-state index contributed by atoms with van der Waals surface area (Å²) in [6, 6.07) is 8.59. The SMILES string of the molecule is CC.CCCCOc1ccc(C(C)(C)C2C=CC(OCCCCl)=CC2)cc1. The number of hydrogen-bond donors (Lipinski definition) is 0. The molecule has 0 saturated heterocycles. The van der Waals surface area contributed by atoms with Crippen molar-refractivity contribution in [1.29, 1.82) is 0 Å². The summed E-state index contributed by atoms with van der Waals surface area (Å²) >= 11 is 5.69. The fourth-order valence-corrected chi connectivity index (χ4v) is 3.13. The van der Waals surface area contributed by atoms with Crippen molar-refractivity contribution in [2.24, 2.45) is 5.92 Å². The quantitative estimate of drug-likeness (QED) is 0.307. The van der Waals surface area contributed by atoms with Crippen molar-refractivity contribution in [1.82, 2.24) is 0 Å². The van der Waals surface area contributed by atoms with Crippen LogP contribution in [-0.2, 0) is 10.2 Å². The third-order valence-electron chi connectivity index (χ3n) is 4.90. The molecule has 1 atom stereocenters. The normalized spacial score (nSPS) is 16.2. The minimum absolute atomic E-state index is 0.0661. The maximum Gasteiger partial charge on any atom is 0.119 e. The second-order valence-electron chi connectivity index (χ2n) is 7.15. The summed E-state index contributed by atoms with van der Waals surface area (Å²) in [4.78, 5) is 0. The van der Waals surface area contributed by atoms with Gasteiger partial charge in [0.2, 0.25) is 0 Å². The van der Waals surface area contributed by atoms with Crippen LogP contribution in [0.1, 0.15) is 65.9 Å². The predicted molar refractivity (Wildman–Crippen MR) is 118 cm³/mol. The number of alkyl halides is 1. The van der Waals surface area contributed by atoms with Crippen LogP contribution in [0.3, 0.4) is 0 Å². The van der Waals surface area contributed by atoms with Crippen molar-refractivity contribution in [3.05, 3.63) is 53.8 Å². The number of rotatable bonds is 10. The second-order valence-corrected chi connectivity index (χ2v) is 7.52. The van der Waals surface area contributed by atoms with Crippen molar-refractivity contribution in [3.63, 3.8) is 0 Å². The lowest BCUT2D eigenvalue weighted by Gasteiger charge is -2.34. The highest BCUT2D eigenvalue weighted by Crippen LogP contribution is 2.37. The molecule has 0 heterocycles. The Balaban J connectivity index is 0.00000176. The molecule has 0 N–H and O–H groups in total. The van der Waals surface area contributed by atoms with Crippen LogP contribution in [0.15, 0.2) is 48.3 Å². The van der Waals surface area contributed by atoms with Gasteiger partial charge in [-0.1, -0.05) is 59.2 Å². The van der Waals surface area contributed by atoms with E-state index in [0.29, 0.717) is 18.4 Å². The van der Waals surface area contributed by atoms with Gasteiger partial charge in [-0.25, -0.2) is 0 Å². The molecule has 0 amide bonds. The second kappa shape index (κ2) is 12.9. The number of ether oxygens (including phenoxy) is 2. The molecule has 2 rings (SSSR count). The molecular formula is C24H37ClO2. The van der Waals surface area contributed by atoms with Crippen molar-refractivity contribution in [3.8, 4) is 5.75 Å². The molecule has 0 fully saturated rings. The fraction of sp³-hybridized carbons (Fsp3) is 0.583. The van der Waals surface area contributed by atoms with Crippen LogP contribution in [0, 0.1) is 5.92 Å². The third-order valence-corrected chi connectivity index (χ3v) is 5.17. The molecule has 2 nitrogen and oxygen atoms in total. The van der Waals surface area contributed by atoms with Gasteiger partial charge < -0.3 is 9.47 Å². The Bertz CT molecular complexity index is 573. The molecule has 0 radical (unpaired) electrons. The Hall–Kier alpha value is -1.41. The topological polar surface area (TPSA) is 18.5 Å². The molecule has 0 aromatic heterocycles. The predicted octanol–water partition coefficient (Wildman–Crippen LogP) is 7.27. The Morgan fingerprint density at radius 2 is 1.70 bits per heavy atom. The minimum atomic E-state index is 0.0661. The van der Waals surface area contributed by atoms with Crippen LogP contribution < -0.4 is 4.74 Å². The van der Waals surface area contributed by atoms with Crippen molar-refractivity contribution in [2.75, 3.05) is 19.1 Å². The Morgan fingerprint density at radius 3 is 2.26 bits per heavy atom. The molecule has 1 aliphatic carbocycles. The first-order valence-corrected chi connectivity index (χ1v) is 10.9. The van der Waals surface area contributed by atoms with Crippen LogP contribution in [0.5, 0.6) is 5.75 Å². The van der Waals surface area contributed by atoms with Gasteiger partial charge in [-0.2, -0.15) is 0 Å². The summed E-state index contributed by atoms with van der Waals surface area (Å²) < 4.78 is 11.5. The zero-order chi connectivity index (χ0) is 20.1. The molecule has 152 valence electrons. The highest BCUT2D eigenvalue weighted by atomic mass is 35.5. The first kappa shape index (κ1) is 23.6. The Morgan fingerprint density at radius 1 is 1.04 bits per heavy atom. The van der Waals surface area contributed by atoms with Gasteiger partial charge in [-0.15, -0.1) is 11.6 Å². The zero-order valence-corrected chi connectivity index (χ0v) is 18.5. The first-order chi connectivity index (χ1) is 13.1. The maximum absolute atomic E-state index is 5.77. The highest BCUT2D eigenvalue weighted by molar-refractivity contribution is 6.17. The molecule has 0 spiro atoms. The number of halogens is 1. The van der Waals surface area contributed by atoms with Crippen LogP contribution in [0.25, 0.3) is 0 Å². The van der Waals surface area contributed by atoms with E-state index in [1.807, 2.05) is 13.8 Å². The van der Waals surface area contributed by atoms with E-state index in [0.717, 1.165) is 43.8 Å². The summed E-state index contributed by atoms with van der Waals surface area (Å²) in [5.41, 5.74) is 1.40. The van der Waals surface area contributed by atoms with Crippen molar-refractivity contribution >= 4 is 11.6 Å². The largest absolute Gasteiger partial charge is 0.494 e. The van der Waals surface area contributed by atoms with Gasteiger partial charge in [0, 0.05) is 5.88 Å². The average molecular weight is 393 g/mol. The molecule has 1 unspecified atom stereocenters. The van der Waals surface area contributed by atoms with Crippen LogP contribution in [0.4, 0.5) is 0 Å². The van der Waals surface area contributed by atoms with Gasteiger partial charge in [-0.05, 0) is 60.4 Å². The summed E-state index contributed by atoms with van der Waals surface area (Å²) in [5.74, 6) is 3.03. The van der Waals surface area contributed by atoms with E-state index < -0.39 is 0 Å². The smallest absolute Gasteiger partial charge is 0.119 e. The van der Waals surface area contributed by atoms with Gasteiger partial charge in [0.15, 0.2) is 0 Å². The van der Waals surface area contributed by atoms with Gasteiger partial charge in [0.25, 0.3) is 0 Å². The number of unbranched alkanes of at least 4 members (excludes halogenated alkanes) is 1.